The SMILES string of the molecule is O=C(NCC1(CCl)CC1)c1cnn2ccncc12. The van der Waals surface area contributed by atoms with E-state index in [4.69, 9.17) is 11.6 Å². The summed E-state index contributed by atoms with van der Waals surface area (Å²) in [5, 5.41) is 7.04. The van der Waals surface area contributed by atoms with E-state index in [0.717, 1.165) is 12.8 Å². The van der Waals surface area contributed by atoms with Crippen molar-refractivity contribution in [3.8, 4) is 0 Å². The third-order valence-electron chi connectivity index (χ3n) is 3.43. The lowest BCUT2D eigenvalue weighted by Crippen LogP contribution is -2.30. The van der Waals surface area contributed by atoms with Crippen LogP contribution in [-0.2, 0) is 0 Å². The van der Waals surface area contributed by atoms with E-state index in [-0.39, 0.29) is 11.3 Å². The monoisotopic (exact) mass is 264 g/mol. The Labute approximate surface area is 109 Å². The molecule has 6 heteroatoms. The zero-order chi connectivity index (χ0) is 12.6. The van der Waals surface area contributed by atoms with Crippen LogP contribution in [0.5, 0.6) is 0 Å². The Bertz CT molecular complexity index is 591. The Balaban J connectivity index is 1.76. The van der Waals surface area contributed by atoms with Crippen molar-refractivity contribution in [3.05, 3.63) is 30.4 Å². The largest absolute Gasteiger partial charge is 0.351 e. The number of carbonyl (C=O) groups is 1. The highest BCUT2D eigenvalue weighted by Crippen LogP contribution is 2.45. The van der Waals surface area contributed by atoms with Crippen molar-refractivity contribution >= 4 is 23.0 Å². The summed E-state index contributed by atoms with van der Waals surface area (Å²) in [7, 11) is 0. The van der Waals surface area contributed by atoms with Crippen molar-refractivity contribution < 1.29 is 4.79 Å². The van der Waals surface area contributed by atoms with Gasteiger partial charge in [0.1, 0.15) is 0 Å². The van der Waals surface area contributed by atoms with E-state index in [1.54, 1.807) is 29.3 Å². The van der Waals surface area contributed by atoms with Gasteiger partial charge in [0.2, 0.25) is 0 Å². The van der Waals surface area contributed by atoms with Crippen LogP contribution in [0.15, 0.2) is 24.8 Å². The van der Waals surface area contributed by atoms with Crippen LogP contribution in [-0.4, -0.2) is 32.9 Å². The van der Waals surface area contributed by atoms with Crippen LogP contribution in [0, 0.1) is 5.41 Å². The number of amides is 1. The second-order valence-electron chi connectivity index (χ2n) is 4.78. The maximum absolute atomic E-state index is 12.1. The summed E-state index contributed by atoms with van der Waals surface area (Å²) in [6.07, 6.45) is 8.73. The number of hydrogen-bond donors (Lipinski definition) is 1. The van der Waals surface area contributed by atoms with Crippen molar-refractivity contribution in [2.75, 3.05) is 12.4 Å². The van der Waals surface area contributed by atoms with Gasteiger partial charge in [-0.25, -0.2) is 4.52 Å². The molecule has 1 N–H and O–H groups in total. The minimum absolute atomic E-state index is 0.116. The van der Waals surface area contributed by atoms with E-state index in [1.165, 1.54) is 0 Å². The first kappa shape index (κ1) is 11.5. The molecule has 1 amide bonds. The molecule has 0 spiro atoms. The summed E-state index contributed by atoms with van der Waals surface area (Å²) in [6.45, 7) is 0.632. The first-order valence-corrected chi connectivity index (χ1v) is 6.39. The molecule has 2 heterocycles. The first-order valence-electron chi connectivity index (χ1n) is 5.86. The number of rotatable bonds is 4. The van der Waals surface area contributed by atoms with Gasteiger partial charge in [-0.2, -0.15) is 5.10 Å². The molecule has 94 valence electrons. The van der Waals surface area contributed by atoms with E-state index < -0.39 is 0 Å². The van der Waals surface area contributed by atoms with Crippen LogP contribution in [0.25, 0.3) is 5.52 Å². The van der Waals surface area contributed by atoms with E-state index in [9.17, 15) is 4.79 Å². The van der Waals surface area contributed by atoms with Crippen LogP contribution < -0.4 is 5.32 Å². The van der Waals surface area contributed by atoms with E-state index in [2.05, 4.69) is 15.4 Å². The molecule has 1 saturated carbocycles. The Kier molecular flexibility index (Phi) is 2.70. The Hall–Kier alpha value is -1.62. The normalized spacial score (nSPS) is 16.7. The van der Waals surface area contributed by atoms with Crippen LogP contribution in [0.2, 0.25) is 0 Å². The fourth-order valence-electron chi connectivity index (χ4n) is 1.91. The zero-order valence-electron chi connectivity index (χ0n) is 9.77. The van der Waals surface area contributed by atoms with Crippen LogP contribution >= 0.6 is 11.6 Å². The molecular formula is C12H13ClN4O. The van der Waals surface area contributed by atoms with E-state index >= 15 is 0 Å². The maximum atomic E-state index is 12.1. The molecule has 3 rings (SSSR count). The molecule has 1 aliphatic rings. The van der Waals surface area contributed by atoms with Crippen molar-refractivity contribution in [2.45, 2.75) is 12.8 Å². The van der Waals surface area contributed by atoms with Crippen molar-refractivity contribution in [2.24, 2.45) is 5.41 Å². The van der Waals surface area contributed by atoms with Gasteiger partial charge in [-0.1, -0.05) is 0 Å². The number of fused-ring (bicyclic) bond motifs is 1. The molecule has 0 radical (unpaired) electrons. The lowest BCUT2D eigenvalue weighted by atomic mass is 10.1. The molecule has 0 unspecified atom stereocenters. The Morgan fingerprint density at radius 2 is 2.33 bits per heavy atom. The average Bonchev–Trinajstić information content (AvgIpc) is 3.07. The molecule has 0 saturated heterocycles. The van der Waals surface area contributed by atoms with Crippen molar-refractivity contribution in [3.63, 3.8) is 0 Å². The van der Waals surface area contributed by atoms with Gasteiger partial charge < -0.3 is 5.32 Å². The van der Waals surface area contributed by atoms with E-state index in [0.29, 0.717) is 23.5 Å². The molecule has 0 atom stereocenters. The minimum Gasteiger partial charge on any atom is -0.351 e. The van der Waals surface area contributed by atoms with Gasteiger partial charge >= 0.3 is 0 Å². The fourth-order valence-corrected chi connectivity index (χ4v) is 2.27. The number of halogens is 1. The number of carbonyl (C=O) groups excluding carboxylic acids is 1. The molecule has 1 fully saturated rings. The number of alkyl halides is 1. The van der Waals surface area contributed by atoms with Gasteiger partial charge in [0.05, 0.1) is 23.5 Å². The summed E-state index contributed by atoms with van der Waals surface area (Å²) < 4.78 is 1.64. The highest BCUT2D eigenvalue weighted by molar-refractivity contribution is 6.18. The molecule has 0 aromatic carbocycles. The quantitative estimate of drug-likeness (QED) is 0.851. The van der Waals surface area contributed by atoms with Gasteiger partial charge in [0.25, 0.3) is 5.91 Å². The van der Waals surface area contributed by atoms with Crippen LogP contribution in [0.1, 0.15) is 23.2 Å². The first-order chi connectivity index (χ1) is 8.74. The molecule has 1 aliphatic carbocycles. The van der Waals surface area contributed by atoms with Gasteiger partial charge in [0.15, 0.2) is 0 Å². The molecule has 5 nitrogen and oxygen atoms in total. The zero-order valence-corrected chi connectivity index (χ0v) is 10.5. The predicted octanol–water partition coefficient (Wildman–Crippen LogP) is 1.48. The Morgan fingerprint density at radius 3 is 3.06 bits per heavy atom. The summed E-state index contributed by atoms with van der Waals surface area (Å²) in [5.41, 5.74) is 1.39. The second-order valence-corrected chi connectivity index (χ2v) is 5.05. The van der Waals surface area contributed by atoms with Gasteiger partial charge in [0, 0.05) is 30.2 Å². The molecule has 2 aromatic rings. The van der Waals surface area contributed by atoms with Crippen molar-refractivity contribution in [1.82, 2.24) is 19.9 Å². The highest BCUT2D eigenvalue weighted by Gasteiger charge is 2.41. The summed E-state index contributed by atoms with van der Waals surface area (Å²) >= 11 is 5.88. The van der Waals surface area contributed by atoms with Crippen molar-refractivity contribution in [1.29, 1.82) is 0 Å². The number of hydrogen-bond acceptors (Lipinski definition) is 3. The van der Waals surface area contributed by atoms with Gasteiger partial charge in [-0.15, -0.1) is 11.6 Å². The average molecular weight is 265 g/mol. The van der Waals surface area contributed by atoms with E-state index in [1.807, 2.05) is 0 Å². The highest BCUT2D eigenvalue weighted by atomic mass is 35.5. The number of nitrogens with zero attached hydrogens (tertiary/aromatic N) is 3. The standard InChI is InChI=1S/C12H13ClN4O/c13-7-12(1-2-12)8-15-11(18)9-5-16-17-4-3-14-6-10(9)17/h3-6H,1-2,7-8H2,(H,15,18). The lowest BCUT2D eigenvalue weighted by Gasteiger charge is -2.11. The number of aromatic nitrogens is 3. The molecular weight excluding hydrogens is 252 g/mol. The van der Waals surface area contributed by atoms with Crippen LogP contribution in [0.4, 0.5) is 0 Å². The maximum Gasteiger partial charge on any atom is 0.255 e. The predicted molar refractivity (Wildman–Crippen MR) is 67.7 cm³/mol. The molecule has 2 aromatic heterocycles. The molecule has 0 bridgehead atoms. The Morgan fingerprint density at radius 1 is 1.50 bits per heavy atom. The third-order valence-corrected chi connectivity index (χ3v) is 4.00. The van der Waals surface area contributed by atoms with Gasteiger partial charge in [-0.05, 0) is 12.8 Å². The summed E-state index contributed by atoms with van der Waals surface area (Å²) in [4.78, 5) is 16.1. The third kappa shape index (κ3) is 1.95. The fraction of sp³-hybridized carbons (Fsp3) is 0.417. The van der Waals surface area contributed by atoms with Gasteiger partial charge in [-0.3, -0.25) is 9.78 Å². The topological polar surface area (TPSA) is 59.3 Å². The lowest BCUT2D eigenvalue weighted by molar-refractivity contribution is 0.0948. The molecule has 18 heavy (non-hydrogen) atoms. The number of nitrogens with one attached hydrogen (secondary N) is 1. The minimum atomic E-state index is -0.116. The summed E-state index contributed by atoms with van der Waals surface area (Å²) in [5.74, 6) is 0.484. The smallest absolute Gasteiger partial charge is 0.255 e. The second kappa shape index (κ2) is 4.24. The molecule has 0 aliphatic heterocycles. The van der Waals surface area contributed by atoms with Crippen LogP contribution in [0.3, 0.4) is 0 Å². The summed E-state index contributed by atoms with van der Waals surface area (Å²) in [6, 6.07) is 0.